The molecule has 2 N–H and O–H groups in total. The lowest BCUT2D eigenvalue weighted by atomic mass is 10.2. The van der Waals surface area contributed by atoms with Crippen LogP contribution in [0.2, 0.25) is 5.02 Å². The predicted molar refractivity (Wildman–Crippen MR) is 73.1 cm³/mol. The molecule has 2 aromatic rings. The van der Waals surface area contributed by atoms with Gasteiger partial charge >= 0.3 is 0 Å². The number of hydrogen-bond acceptors (Lipinski definition) is 3. The molecule has 4 nitrogen and oxygen atoms in total. The van der Waals surface area contributed by atoms with E-state index >= 15 is 0 Å². The lowest BCUT2D eigenvalue weighted by Crippen LogP contribution is -2.13. The summed E-state index contributed by atoms with van der Waals surface area (Å²) in [7, 11) is 1.64. The van der Waals surface area contributed by atoms with Crippen molar-refractivity contribution in [2.45, 2.75) is 0 Å². The highest BCUT2D eigenvalue weighted by Crippen LogP contribution is 2.20. The minimum Gasteiger partial charge on any atom is -0.373 e. The van der Waals surface area contributed by atoms with E-state index < -0.39 is 17.5 Å². The summed E-state index contributed by atoms with van der Waals surface area (Å²) in [6.45, 7) is 0. The molecule has 0 saturated carbocycles. The summed E-state index contributed by atoms with van der Waals surface area (Å²) in [4.78, 5) is 16.0. The van der Waals surface area contributed by atoms with Gasteiger partial charge in [0.25, 0.3) is 5.91 Å². The Kier molecular flexibility index (Phi) is 4.14. The van der Waals surface area contributed by atoms with Crippen molar-refractivity contribution < 1.29 is 13.6 Å². The van der Waals surface area contributed by atoms with Crippen LogP contribution in [-0.2, 0) is 0 Å². The van der Waals surface area contributed by atoms with Gasteiger partial charge in [-0.3, -0.25) is 4.79 Å². The molecule has 0 aliphatic rings. The molecule has 1 heterocycles. The Labute approximate surface area is 118 Å². The second kappa shape index (κ2) is 5.83. The maximum Gasteiger partial charge on any atom is 0.257 e. The van der Waals surface area contributed by atoms with Gasteiger partial charge in [-0.15, -0.1) is 0 Å². The standard InChI is InChI=1S/C13H10ClF2N3O/c1-17-12-5-10(11(14)6-18-12)13(20)19-9-3-7(15)2-8(16)4-9/h2-6H,1H3,(H,17,18)(H,19,20). The van der Waals surface area contributed by atoms with E-state index in [0.717, 1.165) is 12.1 Å². The molecule has 0 spiro atoms. The Bertz CT molecular complexity index is 644. The summed E-state index contributed by atoms with van der Waals surface area (Å²) in [5.41, 5.74) is 0.155. The average Bonchev–Trinajstić information content (AvgIpc) is 2.37. The van der Waals surface area contributed by atoms with Crippen molar-refractivity contribution >= 4 is 29.0 Å². The second-order valence-electron chi connectivity index (χ2n) is 3.91. The van der Waals surface area contributed by atoms with Gasteiger partial charge in [-0.05, 0) is 18.2 Å². The minimum atomic E-state index is -0.781. The molecule has 1 aromatic carbocycles. The highest BCUT2D eigenvalue weighted by molar-refractivity contribution is 6.34. The van der Waals surface area contributed by atoms with E-state index in [9.17, 15) is 13.6 Å². The van der Waals surface area contributed by atoms with Crippen molar-refractivity contribution in [3.63, 3.8) is 0 Å². The fourth-order valence-corrected chi connectivity index (χ4v) is 1.76. The van der Waals surface area contributed by atoms with Crippen LogP contribution in [0.1, 0.15) is 10.4 Å². The quantitative estimate of drug-likeness (QED) is 0.914. The van der Waals surface area contributed by atoms with Crippen LogP contribution in [0.25, 0.3) is 0 Å². The zero-order valence-corrected chi connectivity index (χ0v) is 11.1. The molecule has 0 fully saturated rings. The van der Waals surface area contributed by atoms with Crippen LogP contribution in [0.3, 0.4) is 0 Å². The number of carbonyl (C=O) groups excluding carboxylic acids is 1. The van der Waals surface area contributed by atoms with E-state index in [1.807, 2.05) is 0 Å². The van der Waals surface area contributed by atoms with Gasteiger partial charge in [0.15, 0.2) is 0 Å². The lowest BCUT2D eigenvalue weighted by Gasteiger charge is -2.08. The van der Waals surface area contributed by atoms with E-state index in [2.05, 4.69) is 15.6 Å². The number of nitrogens with zero attached hydrogens (tertiary/aromatic N) is 1. The van der Waals surface area contributed by atoms with Crippen molar-refractivity contribution in [3.8, 4) is 0 Å². The van der Waals surface area contributed by atoms with Crippen LogP contribution in [0.5, 0.6) is 0 Å². The number of pyridine rings is 1. The number of nitrogens with one attached hydrogen (secondary N) is 2. The smallest absolute Gasteiger partial charge is 0.257 e. The molecule has 1 amide bonds. The first-order chi connectivity index (χ1) is 9.49. The molecular formula is C13H10ClF2N3O. The largest absolute Gasteiger partial charge is 0.373 e. The molecule has 1 aromatic heterocycles. The number of benzene rings is 1. The number of rotatable bonds is 3. The number of halogens is 3. The van der Waals surface area contributed by atoms with Crippen LogP contribution in [0, 0.1) is 11.6 Å². The van der Waals surface area contributed by atoms with Gasteiger partial charge in [-0.1, -0.05) is 11.6 Å². The molecule has 2 rings (SSSR count). The Balaban J connectivity index is 2.27. The van der Waals surface area contributed by atoms with E-state index in [1.165, 1.54) is 12.3 Å². The third kappa shape index (κ3) is 3.21. The van der Waals surface area contributed by atoms with Crippen molar-refractivity contribution in [1.82, 2.24) is 4.98 Å². The van der Waals surface area contributed by atoms with Crippen LogP contribution < -0.4 is 10.6 Å². The molecule has 0 radical (unpaired) electrons. The van der Waals surface area contributed by atoms with E-state index in [4.69, 9.17) is 11.6 Å². The summed E-state index contributed by atoms with van der Waals surface area (Å²) in [5, 5.41) is 5.27. The van der Waals surface area contributed by atoms with Gasteiger partial charge in [0.1, 0.15) is 17.5 Å². The first kappa shape index (κ1) is 14.2. The summed E-state index contributed by atoms with van der Waals surface area (Å²) in [6.07, 6.45) is 1.31. The summed E-state index contributed by atoms with van der Waals surface area (Å²) in [6, 6.07) is 4.17. The molecule has 0 saturated heterocycles. The van der Waals surface area contributed by atoms with E-state index in [-0.39, 0.29) is 16.3 Å². The van der Waals surface area contributed by atoms with Crippen molar-refractivity contribution in [1.29, 1.82) is 0 Å². The van der Waals surface area contributed by atoms with E-state index in [0.29, 0.717) is 11.9 Å². The Hall–Kier alpha value is -2.21. The fraction of sp³-hybridized carbons (Fsp3) is 0.0769. The number of anilines is 2. The molecule has 20 heavy (non-hydrogen) atoms. The number of hydrogen-bond donors (Lipinski definition) is 2. The summed E-state index contributed by atoms with van der Waals surface area (Å²) < 4.78 is 26.1. The second-order valence-corrected chi connectivity index (χ2v) is 4.32. The highest BCUT2D eigenvalue weighted by Gasteiger charge is 2.13. The van der Waals surface area contributed by atoms with Gasteiger partial charge in [0, 0.05) is 25.0 Å². The minimum absolute atomic E-state index is 0.00591. The maximum absolute atomic E-state index is 13.0. The Morgan fingerprint density at radius 3 is 2.45 bits per heavy atom. The molecule has 0 atom stereocenters. The molecule has 0 bridgehead atoms. The zero-order valence-electron chi connectivity index (χ0n) is 10.4. The third-order valence-electron chi connectivity index (χ3n) is 2.48. The van der Waals surface area contributed by atoms with Crippen LogP contribution in [0.15, 0.2) is 30.5 Å². The van der Waals surface area contributed by atoms with Crippen molar-refractivity contribution in [2.24, 2.45) is 0 Å². The van der Waals surface area contributed by atoms with Gasteiger partial charge in [0.05, 0.1) is 10.6 Å². The monoisotopic (exact) mass is 297 g/mol. The first-order valence-electron chi connectivity index (χ1n) is 5.60. The molecule has 0 aliphatic carbocycles. The molecule has 0 unspecified atom stereocenters. The third-order valence-corrected chi connectivity index (χ3v) is 2.78. The Morgan fingerprint density at radius 1 is 1.20 bits per heavy atom. The summed E-state index contributed by atoms with van der Waals surface area (Å²) in [5.74, 6) is -1.70. The highest BCUT2D eigenvalue weighted by atomic mass is 35.5. The molecular weight excluding hydrogens is 288 g/mol. The molecule has 7 heteroatoms. The van der Waals surface area contributed by atoms with Gasteiger partial charge in [-0.25, -0.2) is 13.8 Å². The fourth-order valence-electron chi connectivity index (χ4n) is 1.57. The van der Waals surface area contributed by atoms with Gasteiger partial charge in [0.2, 0.25) is 0 Å². The SMILES string of the molecule is CNc1cc(C(=O)Nc2cc(F)cc(F)c2)c(Cl)cn1. The average molecular weight is 298 g/mol. The Morgan fingerprint density at radius 2 is 1.85 bits per heavy atom. The summed E-state index contributed by atoms with van der Waals surface area (Å²) >= 11 is 5.88. The number of carbonyl (C=O) groups is 1. The topological polar surface area (TPSA) is 54.0 Å². The predicted octanol–water partition coefficient (Wildman–Crippen LogP) is 3.31. The lowest BCUT2D eigenvalue weighted by molar-refractivity contribution is 0.102. The van der Waals surface area contributed by atoms with Crippen LogP contribution in [0.4, 0.5) is 20.3 Å². The number of amides is 1. The first-order valence-corrected chi connectivity index (χ1v) is 5.98. The zero-order chi connectivity index (χ0) is 14.7. The van der Waals surface area contributed by atoms with E-state index in [1.54, 1.807) is 7.05 Å². The van der Waals surface area contributed by atoms with Crippen LogP contribution in [-0.4, -0.2) is 17.9 Å². The van der Waals surface area contributed by atoms with Crippen LogP contribution >= 0.6 is 11.6 Å². The van der Waals surface area contributed by atoms with Crippen molar-refractivity contribution in [2.75, 3.05) is 17.7 Å². The maximum atomic E-state index is 13.0. The van der Waals surface area contributed by atoms with Gasteiger partial charge in [-0.2, -0.15) is 0 Å². The van der Waals surface area contributed by atoms with Gasteiger partial charge < -0.3 is 10.6 Å². The number of aromatic nitrogens is 1. The normalized spacial score (nSPS) is 10.2. The molecule has 104 valence electrons. The molecule has 0 aliphatic heterocycles. The van der Waals surface area contributed by atoms with Crippen molar-refractivity contribution in [3.05, 3.63) is 52.7 Å².